The smallest absolute Gasteiger partial charge is 0.329 e. The van der Waals surface area contributed by atoms with E-state index in [9.17, 15) is 9.59 Å². The normalized spacial score (nSPS) is 18.3. The average molecular weight is 502 g/mol. The Balaban J connectivity index is 1.66. The van der Waals surface area contributed by atoms with Crippen molar-refractivity contribution in [2.45, 2.75) is 46.2 Å². The molecule has 8 heteroatoms. The Morgan fingerprint density at radius 3 is 2.53 bits per heavy atom. The predicted octanol–water partition coefficient (Wildman–Crippen LogP) is 6.64. The molecule has 2 aromatic rings. The molecule has 2 aromatic carbocycles. The van der Waals surface area contributed by atoms with Crippen LogP contribution in [0.4, 0.5) is 14.9 Å². The van der Waals surface area contributed by atoms with Gasteiger partial charge in [-0.2, -0.15) is 0 Å². The van der Waals surface area contributed by atoms with Gasteiger partial charge < -0.3 is 10.2 Å². The lowest BCUT2D eigenvalue weighted by Gasteiger charge is -2.43. The van der Waals surface area contributed by atoms with Gasteiger partial charge in [-0.15, -0.1) is 0 Å². The lowest BCUT2D eigenvalue weighted by atomic mass is 9.87. The number of urea groups is 1. The molecule has 0 radical (unpaired) electrons. The van der Waals surface area contributed by atoms with Gasteiger partial charge in [-0.1, -0.05) is 42.3 Å². The van der Waals surface area contributed by atoms with Gasteiger partial charge >= 0.3 is 6.03 Å². The summed E-state index contributed by atoms with van der Waals surface area (Å²) in [6, 6.07) is 7.59. The standard InChI is InChI=1S/C26H26Cl2FN3O2/c1-5-8-32-23-12-21(29)17(10-18(23)15(2)13-26(32,3)4)11-22-24(33)31(25(34)30-22)14-16-6-7-19(27)20(28)9-16/h6-7,9-13H,5,8,14H2,1-4H3,(H,30,34)/b22-11+. The first kappa shape index (κ1) is 24.3. The highest BCUT2D eigenvalue weighted by atomic mass is 35.5. The molecular formula is C26H26Cl2FN3O2. The first-order valence-corrected chi connectivity index (χ1v) is 11.9. The zero-order valence-corrected chi connectivity index (χ0v) is 21.0. The molecule has 0 unspecified atom stereocenters. The number of anilines is 1. The number of amides is 3. The van der Waals surface area contributed by atoms with Crippen molar-refractivity contribution in [1.29, 1.82) is 0 Å². The molecule has 1 saturated heterocycles. The van der Waals surface area contributed by atoms with E-state index < -0.39 is 17.8 Å². The third kappa shape index (κ3) is 4.44. The number of hydrogen-bond acceptors (Lipinski definition) is 3. The minimum atomic E-state index is -0.576. The summed E-state index contributed by atoms with van der Waals surface area (Å²) in [7, 11) is 0. The van der Waals surface area contributed by atoms with Gasteiger partial charge in [0.15, 0.2) is 0 Å². The number of halogens is 3. The maximum atomic E-state index is 15.2. The molecule has 5 nitrogen and oxygen atoms in total. The minimum Gasteiger partial charge on any atom is -0.362 e. The second-order valence-electron chi connectivity index (χ2n) is 9.15. The van der Waals surface area contributed by atoms with Crippen molar-refractivity contribution >= 4 is 52.5 Å². The topological polar surface area (TPSA) is 52.7 Å². The van der Waals surface area contributed by atoms with Crippen molar-refractivity contribution in [2.24, 2.45) is 0 Å². The van der Waals surface area contributed by atoms with E-state index in [0.29, 0.717) is 15.6 Å². The summed E-state index contributed by atoms with van der Waals surface area (Å²) in [6.07, 6.45) is 4.49. The number of carbonyl (C=O) groups is 2. The first-order chi connectivity index (χ1) is 16.0. The Kier molecular flexibility index (Phi) is 6.49. The summed E-state index contributed by atoms with van der Waals surface area (Å²) in [5.41, 5.74) is 3.45. The summed E-state index contributed by atoms with van der Waals surface area (Å²) in [6.45, 7) is 9.13. The second-order valence-corrected chi connectivity index (χ2v) is 9.97. The Bertz CT molecular complexity index is 1250. The van der Waals surface area contributed by atoms with Crippen LogP contribution in [-0.4, -0.2) is 28.9 Å². The zero-order chi connectivity index (χ0) is 24.8. The summed E-state index contributed by atoms with van der Waals surface area (Å²) in [5, 5.41) is 3.28. The van der Waals surface area contributed by atoms with Crippen molar-refractivity contribution < 1.29 is 14.0 Å². The Morgan fingerprint density at radius 1 is 1.12 bits per heavy atom. The van der Waals surface area contributed by atoms with Crippen LogP contribution in [0.3, 0.4) is 0 Å². The fraction of sp³-hybridized carbons (Fsp3) is 0.308. The molecule has 2 aliphatic rings. The molecule has 1 N–H and O–H groups in total. The first-order valence-electron chi connectivity index (χ1n) is 11.1. The molecule has 0 saturated carbocycles. The van der Waals surface area contributed by atoms with Crippen LogP contribution in [0, 0.1) is 5.82 Å². The van der Waals surface area contributed by atoms with Crippen molar-refractivity contribution in [3.05, 3.63) is 74.7 Å². The zero-order valence-electron chi connectivity index (χ0n) is 19.5. The molecule has 178 valence electrons. The fourth-order valence-corrected chi connectivity index (χ4v) is 4.87. The van der Waals surface area contributed by atoms with Gasteiger partial charge in [0, 0.05) is 23.4 Å². The number of nitrogens with zero attached hydrogens (tertiary/aromatic N) is 2. The van der Waals surface area contributed by atoms with E-state index in [4.69, 9.17) is 23.2 Å². The lowest BCUT2D eigenvalue weighted by Crippen LogP contribution is -2.45. The molecule has 0 aliphatic carbocycles. The van der Waals surface area contributed by atoms with Gasteiger partial charge in [-0.05, 0) is 68.7 Å². The van der Waals surface area contributed by atoms with Crippen LogP contribution in [-0.2, 0) is 11.3 Å². The van der Waals surface area contributed by atoms with Crippen LogP contribution in [0.5, 0.6) is 0 Å². The number of nitrogens with one attached hydrogen (secondary N) is 1. The van der Waals surface area contributed by atoms with Crippen LogP contribution < -0.4 is 10.2 Å². The van der Waals surface area contributed by atoms with E-state index >= 15 is 4.39 Å². The summed E-state index contributed by atoms with van der Waals surface area (Å²) in [4.78, 5) is 28.7. The Morgan fingerprint density at radius 2 is 1.85 bits per heavy atom. The van der Waals surface area contributed by atoms with Crippen LogP contribution in [0.1, 0.15) is 50.8 Å². The molecule has 0 aromatic heterocycles. The molecule has 34 heavy (non-hydrogen) atoms. The van der Waals surface area contributed by atoms with Crippen molar-refractivity contribution in [2.75, 3.05) is 11.4 Å². The Hall–Kier alpha value is -2.83. The average Bonchev–Trinajstić information content (AvgIpc) is 3.01. The molecule has 3 amide bonds. The van der Waals surface area contributed by atoms with E-state index in [0.717, 1.165) is 34.7 Å². The highest BCUT2D eigenvalue weighted by Gasteiger charge is 2.35. The van der Waals surface area contributed by atoms with Gasteiger partial charge in [-0.25, -0.2) is 9.18 Å². The fourth-order valence-electron chi connectivity index (χ4n) is 4.55. The number of hydrogen-bond donors (Lipinski definition) is 1. The maximum Gasteiger partial charge on any atom is 0.329 e. The Labute approximate surface area is 208 Å². The lowest BCUT2D eigenvalue weighted by molar-refractivity contribution is -0.123. The van der Waals surface area contributed by atoms with Crippen LogP contribution in [0.2, 0.25) is 10.0 Å². The van der Waals surface area contributed by atoms with E-state index in [1.807, 2.05) is 6.92 Å². The van der Waals surface area contributed by atoms with Crippen molar-refractivity contribution in [3.8, 4) is 0 Å². The second kappa shape index (κ2) is 9.08. The molecule has 1 fully saturated rings. The molecule has 0 spiro atoms. The van der Waals surface area contributed by atoms with Crippen LogP contribution in [0.25, 0.3) is 11.6 Å². The van der Waals surface area contributed by atoms with Gasteiger partial charge in [-0.3, -0.25) is 9.69 Å². The van der Waals surface area contributed by atoms with Gasteiger partial charge in [0.1, 0.15) is 11.5 Å². The van der Waals surface area contributed by atoms with E-state index in [1.54, 1.807) is 24.3 Å². The molecule has 4 rings (SSSR count). The molecule has 2 aliphatic heterocycles. The highest BCUT2D eigenvalue weighted by Crippen LogP contribution is 2.40. The van der Waals surface area contributed by atoms with Gasteiger partial charge in [0.2, 0.25) is 0 Å². The van der Waals surface area contributed by atoms with E-state index in [2.05, 4.69) is 37.1 Å². The number of allylic oxidation sites excluding steroid dienone is 1. The van der Waals surface area contributed by atoms with E-state index in [1.165, 1.54) is 12.1 Å². The molecule has 0 bridgehead atoms. The number of imide groups is 1. The van der Waals surface area contributed by atoms with Crippen molar-refractivity contribution in [1.82, 2.24) is 10.2 Å². The largest absolute Gasteiger partial charge is 0.362 e. The minimum absolute atomic E-state index is 0.0205. The maximum absolute atomic E-state index is 15.2. The molecular weight excluding hydrogens is 476 g/mol. The van der Waals surface area contributed by atoms with Crippen LogP contribution in [0.15, 0.2) is 42.1 Å². The number of rotatable bonds is 5. The summed E-state index contributed by atoms with van der Waals surface area (Å²) < 4.78 is 15.2. The third-order valence-corrected chi connectivity index (χ3v) is 6.87. The number of benzene rings is 2. The summed E-state index contributed by atoms with van der Waals surface area (Å²) >= 11 is 12.0. The van der Waals surface area contributed by atoms with E-state index in [-0.39, 0.29) is 23.3 Å². The molecule has 0 atom stereocenters. The SMILES string of the molecule is CCCN1c2cc(F)c(/C=C3/NC(=O)N(Cc4ccc(Cl)c(Cl)c4)C3=O)cc2C(C)=CC1(C)C. The number of fused-ring (bicyclic) bond motifs is 1. The van der Waals surface area contributed by atoms with Crippen molar-refractivity contribution in [3.63, 3.8) is 0 Å². The quantitative estimate of drug-likeness (QED) is 0.369. The number of carbonyl (C=O) groups excluding carboxylic acids is 2. The summed E-state index contributed by atoms with van der Waals surface area (Å²) in [5.74, 6) is -0.989. The van der Waals surface area contributed by atoms with Gasteiger partial charge in [0.05, 0.1) is 22.1 Å². The molecule has 2 heterocycles. The monoisotopic (exact) mass is 501 g/mol. The van der Waals surface area contributed by atoms with Gasteiger partial charge in [0.25, 0.3) is 5.91 Å². The predicted molar refractivity (Wildman–Crippen MR) is 135 cm³/mol. The highest BCUT2D eigenvalue weighted by molar-refractivity contribution is 6.42. The third-order valence-electron chi connectivity index (χ3n) is 6.13. The van der Waals surface area contributed by atoms with Crippen LogP contribution >= 0.6 is 23.2 Å².